The topological polar surface area (TPSA) is 72.0 Å². The smallest absolute Gasteiger partial charge is 0.234 e. The number of nitrogens with one attached hydrogen (secondary N) is 1. The zero-order chi connectivity index (χ0) is 13.4. The van der Waals surface area contributed by atoms with Crippen LogP contribution in [0, 0.1) is 0 Å². The maximum Gasteiger partial charge on any atom is 0.234 e. The van der Waals surface area contributed by atoms with Crippen LogP contribution in [0.1, 0.15) is 24.3 Å². The van der Waals surface area contributed by atoms with E-state index in [0.29, 0.717) is 12.8 Å². The fourth-order valence-electron chi connectivity index (χ4n) is 2.34. The summed E-state index contributed by atoms with van der Waals surface area (Å²) in [5.41, 5.74) is 1.59. The first kappa shape index (κ1) is 12.2. The van der Waals surface area contributed by atoms with Crippen LogP contribution in [0.25, 0.3) is 10.9 Å². The largest absolute Gasteiger partial charge is 0.296 e. The Morgan fingerprint density at radius 3 is 2.95 bits per heavy atom. The van der Waals surface area contributed by atoms with Crippen LogP contribution in [-0.2, 0) is 9.59 Å². The molecule has 1 atom stereocenters. The number of benzene rings is 1. The van der Waals surface area contributed by atoms with Gasteiger partial charge >= 0.3 is 0 Å². The number of hydrogen-bond acceptors (Lipinski definition) is 4. The summed E-state index contributed by atoms with van der Waals surface area (Å²) in [6, 6.07) is 3.75. The van der Waals surface area contributed by atoms with E-state index in [1.165, 1.54) is 6.33 Å². The molecule has 1 aliphatic rings. The molecule has 2 heterocycles. The van der Waals surface area contributed by atoms with Crippen molar-refractivity contribution in [3.05, 3.63) is 34.7 Å². The highest BCUT2D eigenvalue weighted by Crippen LogP contribution is 2.32. The lowest BCUT2D eigenvalue weighted by Crippen LogP contribution is -2.39. The number of carbonyl (C=O) groups excluding carboxylic acids is 2. The molecule has 0 bridgehead atoms. The molecule has 0 radical (unpaired) electrons. The van der Waals surface area contributed by atoms with Crippen molar-refractivity contribution in [2.24, 2.45) is 0 Å². The second kappa shape index (κ2) is 4.70. The van der Waals surface area contributed by atoms with E-state index >= 15 is 0 Å². The first-order valence-corrected chi connectivity index (χ1v) is 6.68. The van der Waals surface area contributed by atoms with Gasteiger partial charge in [0.15, 0.2) is 0 Å². The number of fused-ring (bicyclic) bond motifs is 1. The molecule has 0 aliphatic carbocycles. The molecule has 2 aromatic rings. The fraction of sp³-hybridized carbons (Fsp3) is 0.231. The number of imide groups is 1. The molecule has 1 aliphatic heterocycles. The van der Waals surface area contributed by atoms with E-state index in [4.69, 9.17) is 0 Å². The molecule has 3 rings (SSSR count). The highest BCUT2D eigenvalue weighted by molar-refractivity contribution is 9.10. The molecule has 0 spiro atoms. The van der Waals surface area contributed by atoms with Crippen molar-refractivity contribution < 1.29 is 9.59 Å². The summed E-state index contributed by atoms with van der Waals surface area (Å²) in [7, 11) is 0. The molecule has 1 unspecified atom stereocenters. The van der Waals surface area contributed by atoms with Crippen molar-refractivity contribution in [1.29, 1.82) is 0 Å². The molecule has 2 amide bonds. The predicted octanol–water partition coefficient (Wildman–Crippen LogP) is 1.91. The lowest BCUT2D eigenvalue weighted by molar-refractivity contribution is -0.134. The van der Waals surface area contributed by atoms with Crippen molar-refractivity contribution in [3.63, 3.8) is 0 Å². The van der Waals surface area contributed by atoms with E-state index in [0.717, 1.165) is 20.9 Å². The number of amides is 2. The molecule has 6 heteroatoms. The third kappa shape index (κ3) is 2.12. The van der Waals surface area contributed by atoms with Gasteiger partial charge in [0.05, 0.1) is 11.4 Å². The van der Waals surface area contributed by atoms with Crippen LogP contribution in [0.15, 0.2) is 29.1 Å². The minimum Gasteiger partial charge on any atom is -0.296 e. The van der Waals surface area contributed by atoms with Gasteiger partial charge in [-0.15, -0.1) is 0 Å². The summed E-state index contributed by atoms with van der Waals surface area (Å²) >= 11 is 3.45. The van der Waals surface area contributed by atoms with E-state index < -0.39 is 0 Å². The Labute approximate surface area is 117 Å². The summed E-state index contributed by atoms with van der Waals surface area (Å²) < 4.78 is 0.888. The molecule has 1 fully saturated rings. The van der Waals surface area contributed by atoms with Gasteiger partial charge in [0.25, 0.3) is 0 Å². The van der Waals surface area contributed by atoms with E-state index in [-0.39, 0.29) is 17.7 Å². The van der Waals surface area contributed by atoms with Gasteiger partial charge in [-0.2, -0.15) is 0 Å². The summed E-state index contributed by atoms with van der Waals surface area (Å²) in [4.78, 5) is 31.4. The average molecular weight is 320 g/mol. The molecule has 19 heavy (non-hydrogen) atoms. The van der Waals surface area contributed by atoms with Crippen LogP contribution in [0.2, 0.25) is 0 Å². The molecular formula is C13H10BrN3O2. The first-order chi connectivity index (χ1) is 9.16. The summed E-state index contributed by atoms with van der Waals surface area (Å²) in [6.07, 6.45) is 4.05. The monoisotopic (exact) mass is 319 g/mol. The van der Waals surface area contributed by atoms with Crippen LogP contribution in [0.5, 0.6) is 0 Å². The number of rotatable bonds is 1. The Kier molecular flexibility index (Phi) is 3.02. The lowest BCUT2D eigenvalue weighted by Gasteiger charge is -2.22. The number of hydrogen-bond donors (Lipinski definition) is 1. The maximum absolute atomic E-state index is 11.9. The van der Waals surface area contributed by atoms with Crippen molar-refractivity contribution >= 4 is 38.6 Å². The quantitative estimate of drug-likeness (QED) is 0.815. The normalized spacial score (nSPS) is 19.5. The SMILES string of the molecule is O=C1CCC(c2ccc(Br)c3cncnc23)C(=O)N1. The fourth-order valence-corrected chi connectivity index (χ4v) is 2.76. The van der Waals surface area contributed by atoms with Crippen LogP contribution in [-0.4, -0.2) is 21.8 Å². The minimum absolute atomic E-state index is 0.211. The van der Waals surface area contributed by atoms with Crippen LogP contribution >= 0.6 is 15.9 Å². The van der Waals surface area contributed by atoms with E-state index in [2.05, 4.69) is 31.2 Å². The van der Waals surface area contributed by atoms with Crippen molar-refractivity contribution in [3.8, 4) is 0 Å². The van der Waals surface area contributed by atoms with E-state index in [9.17, 15) is 9.59 Å². The Morgan fingerprint density at radius 1 is 1.32 bits per heavy atom. The highest BCUT2D eigenvalue weighted by atomic mass is 79.9. The van der Waals surface area contributed by atoms with Crippen LogP contribution < -0.4 is 5.32 Å². The lowest BCUT2D eigenvalue weighted by atomic mass is 9.89. The van der Waals surface area contributed by atoms with Crippen molar-refractivity contribution in [1.82, 2.24) is 15.3 Å². The second-order valence-electron chi connectivity index (χ2n) is 4.43. The van der Waals surface area contributed by atoms with E-state index in [1.807, 2.05) is 12.1 Å². The van der Waals surface area contributed by atoms with Gasteiger partial charge in [-0.3, -0.25) is 14.9 Å². The molecule has 1 saturated heterocycles. The number of nitrogens with zero attached hydrogens (tertiary/aromatic N) is 2. The van der Waals surface area contributed by atoms with Gasteiger partial charge in [0, 0.05) is 22.5 Å². The Balaban J connectivity index is 2.13. The molecule has 1 N–H and O–H groups in total. The molecular weight excluding hydrogens is 310 g/mol. The summed E-state index contributed by atoms with van der Waals surface area (Å²) in [5, 5.41) is 3.24. The second-order valence-corrected chi connectivity index (χ2v) is 5.28. The van der Waals surface area contributed by atoms with Gasteiger partial charge in [-0.25, -0.2) is 9.97 Å². The number of piperidine rings is 1. The molecule has 1 aromatic carbocycles. The molecule has 96 valence electrons. The third-order valence-corrected chi connectivity index (χ3v) is 3.96. The highest BCUT2D eigenvalue weighted by Gasteiger charge is 2.29. The van der Waals surface area contributed by atoms with Crippen LogP contribution in [0.3, 0.4) is 0 Å². The zero-order valence-electron chi connectivity index (χ0n) is 9.89. The van der Waals surface area contributed by atoms with Gasteiger partial charge in [0.1, 0.15) is 6.33 Å². The average Bonchev–Trinajstić information content (AvgIpc) is 2.41. The standard InChI is InChI=1S/C13H10BrN3O2/c14-10-3-1-7(12-9(10)5-15-6-16-12)8-2-4-11(18)17-13(8)19/h1,3,5-6,8H,2,4H2,(H,17,18,19). The van der Waals surface area contributed by atoms with Crippen molar-refractivity contribution in [2.75, 3.05) is 0 Å². The van der Waals surface area contributed by atoms with Crippen molar-refractivity contribution in [2.45, 2.75) is 18.8 Å². The zero-order valence-corrected chi connectivity index (χ0v) is 11.5. The minimum atomic E-state index is -0.330. The van der Waals surface area contributed by atoms with Gasteiger partial charge in [-0.05, 0) is 18.1 Å². The maximum atomic E-state index is 11.9. The Morgan fingerprint density at radius 2 is 2.16 bits per heavy atom. The van der Waals surface area contributed by atoms with Gasteiger partial charge < -0.3 is 0 Å². The van der Waals surface area contributed by atoms with Gasteiger partial charge in [0.2, 0.25) is 11.8 Å². The third-order valence-electron chi connectivity index (χ3n) is 3.27. The summed E-state index contributed by atoms with van der Waals surface area (Å²) in [5.74, 6) is -0.793. The summed E-state index contributed by atoms with van der Waals surface area (Å²) in [6.45, 7) is 0. The first-order valence-electron chi connectivity index (χ1n) is 5.88. The molecule has 5 nitrogen and oxygen atoms in total. The molecule has 0 saturated carbocycles. The van der Waals surface area contributed by atoms with E-state index in [1.54, 1.807) is 6.20 Å². The Bertz CT molecular complexity index is 687. The number of halogens is 1. The predicted molar refractivity (Wildman–Crippen MR) is 72.4 cm³/mol. The Hall–Kier alpha value is -1.82. The number of aromatic nitrogens is 2. The van der Waals surface area contributed by atoms with Gasteiger partial charge in [-0.1, -0.05) is 22.0 Å². The molecule has 1 aromatic heterocycles. The number of carbonyl (C=O) groups is 2. The van der Waals surface area contributed by atoms with Crippen LogP contribution in [0.4, 0.5) is 0 Å².